The molecule has 0 atom stereocenters. The first-order valence-corrected chi connectivity index (χ1v) is 3.53. The fourth-order valence-electron chi connectivity index (χ4n) is 1.00. The van der Waals surface area contributed by atoms with Crippen molar-refractivity contribution in [2.24, 2.45) is 0 Å². The molecule has 0 aliphatic heterocycles. The highest BCUT2D eigenvalue weighted by Crippen LogP contribution is 2.27. The fourth-order valence-corrected chi connectivity index (χ4v) is 1.00. The quantitative estimate of drug-likeness (QED) is 0.508. The molecule has 0 radical (unpaired) electrons. The zero-order valence-electron chi connectivity index (χ0n) is 6.89. The highest BCUT2D eigenvalue weighted by Gasteiger charge is 2.20. The molecule has 1 aromatic carbocycles. The van der Waals surface area contributed by atoms with Crippen LogP contribution in [0.5, 0.6) is 5.75 Å². The van der Waals surface area contributed by atoms with Crippen molar-refractivity contribution in [3.63, 3.8) is 0 Å². The number of nitrogens with two attached hydrogens (primary N) is 1. The molecule has 0 heterocycles. The third-order valence-corrected chi connectivity index (χ3v) is 1.65. The number of phenols is 1. The standard InChI is InChI=1S/C8H7NO5/c9-4-2-1-3(7(11)12)6(10)5(4)8(13)14/h1-2,10H,9H2,(H,11,12)(H,13,14). The molecule has 0 aromatic heterocycles. The van der Waals surface area contributed by atoms with Gasteiger partial charge in [-0.15, -0.1) is 0 Å². The van der Waals surface area contributed by atoms with Gasteiger partial charge in [0.25, 0.3) is 0 Å². The minimum atomic E-state index is -1.47. The molecular weight excluding hydrogens is 190 g/mol. The van der Waals surface area contributed by atoms with Gasteiger partial charge in [0.1, 0.15) is 16.9 Å². The van der Waals surface area contributed by atoms with Crippen LogP contribution in [0.1, 0.15) is 20.7 Å². The number of anilines is 1. The van der Waals surface area contributed by atoms with Crippen LogP contribution in [0, 0.1) is 0 Å². The first kappa shape index (κ1) is 9.85. The van der Waals surface area contributed by atoms with Gasteiger partial charge in [-0.3, -0.25) is 0 Å². The van der Waals surface area contributed by atoms with Gasteiger partial charge in [0.15, 0.2) is 0 Å². The summed E-state index contributed by atoms with van der Waals surface area (Å²) < 4.78 is 0. The summed E-state index contributed by atoms with van der Waals surface area (Å²) in [6.45, 7) is 0. The Labute approximate surface area is 78.2 Å². The van der Waals surface area contributed by atoms with E-state index in [1.54, 1.807) is 0 Å². The van der Waals surface area contributed by atoms with E-state index in [9.17, 15) is 14.7 Å². The lowest BCUT2D eigenvalue weighted by atomic mass is 10.1. The van der Waals surface area contributed by atoms with Crippen molar-refractivity contribution in [1.29, 1.82) is 0 Å². The van der Waals surface area contributed by atoms with Crippen molar-refractivity contribution in [2.45, 2.75) is 0 Å². The summed E-state index contributed by atoms with van der Waals surface area (Å²) in [5, 5.41) is 26.5. The van der Waals surface area contributed by atoms with Crippen LogP contribution in [0.15, 0.2) is 12.1 Å². The smallest absolute Gasteiger partial charge is 0.341 e. The van der Waals surface area contributed by atoms with Crippen LogP contribution in [0.4, 0.5) is 5.69 Å². The number of carboxylic acid groups (broad SMARTS) is 2. The van der Waals surface area contributed by atoms with Crippen molar-refractivity contribution >= 4 is 17.6 Å². The summed E-state index contributed by atoms with van der Waals surface area (Å²) in [4.78, 5) is 21.1. The topological polar surface area (TPSA) is 121 Å². The second-order valence-electron chi connectivity index (χ2n) is 2.54. The number of hydrogen-bond donors (Lipinski definition) is 4. The second-order valence-corrected chi connectivity index (χ2v) is 2.54. The predicted molar refractivity (Wildman–Crippen MR) is 46.4 cm³/mol. The lowest BCUT2D eigenvalue weighted by Gasteiger charge is -2.05. The minimum Gasteiger partial charge on any atom is -0.506 e. The zero-order valence-corrected chi connectivity index (χ0v) is 6.89. The largest absolute Gasteiger partial charge is 0.506 e. The number of hydrogen-bond acceptors (Lipinski definition) is 4. The maximum atomic E-state index is 10.6. The first-order chi connectivity index (χ1) is 6.45. The van der Waals surface area contributed by atoms with Gasteiger partial charge in [-0.25, -0.2) is 9.59 Å². The SMILES string of the molecule is Nc1ccc(C(=O)O)c(O)c1C(=O)O. The van der Waals surface area contributed by atoms with Crippen LogP contribution in [-0.2, 0) is 0 Å². The molecule has 0 saturated heterocycles. The first-order valence-electron chi connectivity index (χ1n) is 3.53. The van der Waals surface area contributed by atoms with Crippen LogP contribution in [0.2, 0.25) is 0 Å². The number of carboxylic acids is 2. The number of benzene rings is 1. The molecule has 1 aromatic rings. The molecule has 1 rings (SSSR count). The number of aromatic hydroxyl groups is 1. The molecule has 0 aliphatic carbocycles. The van der Waals surface area contributed by atoms with E-state index in [2.05, 4.69) is 0 Å². The van der Waals surface area contributed by atoms with Crippen molar-refractivity contribution in [2.75, 3.05) is 5.73 Å². The predicted octanol–water partition coefficient (Wildman–Crippen LogP) is 0.371. The van der Waals surface area contributed by atoms with Gasteiger partial charge in [0, 0.05) is 5.69 Å². The van der Waals surface area contributed by atoms with Gasteiger partial charge >= 0.3 is 11.9 Å². The summed E-state index contributed by atoms with van der Waals surface area (Å²) in [6, 6.07) is 2.16. The van der Waals surface area contributed by atoms with E-state index in [-0.39, 0.29) is 5.69 Å². The van der Waals surface area contributed by atoms with Crippen LogP contribution in [0.25, 0.3) is 0 Å². The molecule has 0 saturated carbocycles. The van der Waals surface area contributed by atoms with E-state index in [4.69, 9.17) is 15.9 Å². The molecule has 0 fully saturated rings. The van der Waals surface area contributed by atoms with Crippen molar-refractivity contribution in [3.8, 4) is 5.75 Å². The van der Waals surface area contributed by atoms with Crippen LogP contribution in [-0.4, -0.2) is 27.3 Å². The van der Waals surface area contributed by atoms with E-state index in [1.165, 1.54) is 0 Å². The Morgan fingerprint density at radius 2 is 1.71 bits per heavy atom. The molecule has 5 N–H and O–H groups in total. The molecule has 0 unspecified atom stereocenters. The lowest BCUT2D eigenvalue weighted by molar-refractivity contribution is 0.0692. The Hall–Kier alpha value is -2.24. The van der Waals surface area contributed by atoms with E-state index in [0.29, 0.717) is 0 Å². The van der Waals surface area contributed by atoms with Crippen LogP contribution < -0.4 is 5.73 Å². The molecule has 0 amide bonds. The highest BCUT2D eigenvalue weighted by molar-refractivity contribution is 6.02. The van der Waals surface area contributed by atoms with E-state index in [1.807, 2.05) is 0 Å². The highest BCUT2D eigenvalue weighted by atomic mass is 16.4. The van der Waals surface area contributed by atoms with Gasteiger partial charge in [-0.2, -0.15) is 0 Å². The van der Waals surface area contributed by atoms with Gasteiger partial charge < -0.3 is 21.1 Å². The fraction of sp³-hybridized carbons (Fsp3) is 0. The summed E-state index contributed by atoms with van der Waals surface area (Å²) in [6.07, 6.45) is 0. The third-order valence-electron chi connectivity index (χ3n) is 1.65. The minimum absolute atomic E-state index is 0.181. The third kappa shape index (κ3) is 1.45. The molecule has 14 heavy (non-hydrogen) atoms. The summed E-state index contributed by atoms with van der Waals surface area (Å²) in [5.41, 5.74) is 4.00. The Kier molecular flexibility index (Phi) is 2.29. The average Bonchev–Trinajstić information content (AvgIpc) is 2.02. The summed E-state index contributed by atoms with van der Waals surface area (Å²) >= 11 is 0. The van der Waals surface area contributed by atoms with Crippen LogP contribution >= 0.6 is 0 Å². The maximum absolute atomic E-state index is 10.6. The molecule has 6 nitrogen and oxygen atoms in total. The van der Waals surface area contributed by atoms with Gasteiger partial charge in [0.2, 0.25) is 0 Å². The Morgan fingerprint density at radius 1 is 1.14 bits per heavy atom. The van der Waals surface area contributed by atoms with Gasteiger partial charge in [-0.1, -0.05) is 0 Å². The molecule has 0 aliphatic rings. The summed E-state index contributed by atoms with van der Waals surface area (Å²) in [7, 11) is 0. The van der Waals surface area contributed by atoms with Gasteiger partial charge in [0.05, 0.1) is 0 Å². The molecular formula is C8H7NO5. The number of rotatable bonds is 2. The van der Waals surface area contributed by atoms with E-state index < -0.39 is 28.8 Å². The zero-order chi connectivity index (χ0) is 10.9. The second kappa shape index (κ2) is 3.25. The molecule has 74 valence electrons. The maximum Gasteiger partial charge on any atom is 0.341 e. The number of carbonyl (C=O) groups is 2. The number of aromatic carboxylic acids is 2. The van der Waals surface area contributed by atoms with Crippen molar-refractivity contribution in [3.05, 3.63) is 23.3 Å². The number of nitrogen functional groups attached to an aromatic ring is 1. The Morgan fingerprint density at radius 3 is 2.14 bits per heavy atom. The Bertz CT molecular complexity index is 412. The van der Waals surface area contributed by atoms with Crippen molar-refractivity contribution in [1.82, 2.24) is 0 Å². The van der Waals surface area contributed by atoms with Crippen LogP contribution in [0.3, 0.4) is 0 Å². The lowest BCUT2D eigenvalue weighted by Crippen LogP contribution is -2.07. The molecule has 6 heteroatoms. The molecule has 0 spiro atoms. The molecule has 0 bridgehead atoms. The average molecular weight is 197 g/mol. The Balaban J connectivity index is 3.49. The summed E-state index contributed by atoms with van der Waals surface area (Å²) in [5.74, 6) is -3.71. The normalized spacial score (nSPS) is 9.71. The van der Waals surface area contributed by atoms with E-state index in [0.717, 1.165) is 12.1 Å². The monoisotopic (exact) mass is 197 g/mol. The van der Waals surface area contributed by atoms with E-state index >= 15 is 0 Å². The van der Waals surface area contributed by atoms with Gasteiger partial charge in [-0.05, 0) is 12.1 Å². The van der Waals surface area contributed by atoms with Crippen molar-refractivity contribution < 1.29 is 24.9 Å².